The fourth-order valence-electron chi connectivity index (χ4n) is 1.24. The highest BCUT2D eigenvalue weighted by atomic mass is 79.9. The molecule has 0 aliphatic heterocycles. The van der Waals surface area contributed by atoms with Gasteiger partial charge in [0.1, 0.15) is 0 Å². The predicted octanol–water partition coefficient (Wildman–Crippen LogP) is 2.70. The molecular weight excluding hydrogens is 314 g/mol. The normalized spacial score (nSPS) is 14.1. The minimum absolute atomic E-state index is 0.213. The zero-order valence-electron chi connectivity index (χ0n) is 9.02. The van der Waals surface area contributed by atoms with E-state index in [2.05, 4.69) is 15.9 Å². The largest absolute Gasteiger partial charge is 0.242 e. The molecule has 0 bridgehead atoms. The second kappa shape index (κ2) is 5.49. The Morgan fingerprint density at radius 1 is 1.38 bits per heavy atom. The van der Waals surface area contributed by atoms with Crippen molar-refractivity contribution in [3.8, 4) is 0 Å². The van der Waals surface area contributed by atoms with Gasteiger partial charge in [0.05, 0.1) is 4.90 Å². The predicted molar refractivity (Wildman–Crippen MR) is 69.3 cm³/mol. The van der Waals surface area contributed by atoms with Crippen molar-refractivity contribution in [3.05, 3.63) is 28.7 Å². The van der Waals surface area contributed by atoms with Crippen molar-refractivity contribution in [1.82, 2.24) is 4.31 Å². The molecule has 16 heavy (non-hydrogen) atoms. The number of rotatable bonds is 4. The van der Waals surface area contributed by atoms with Gasteiger partial charge in [-0.05, 0) is 31.2 Å². The van der Waals surface area contributed by atoms with Crippen LogP contribution in [0, 0.1) is 0 Å². The highest BCUT2D eigenvalue weighted by Crippen LogP contribution is 2.18. The Hall–Kier alpha value is -0.100. The summed E-state index contributed by atoms with van der Waals surface area (Å²) in [6.45, 7) is 2.05. The van der Waals surface area contributed by atoms with E-state index in [1.807, 2.05) is 0 Å². The molecule has 0 amide bonds. The molecule has 0 radical (unpaired) electrons. The zero-order chi connectivity index (χ0) is 12.3. The van der Waals surface area contributed by atoms with Crippen LogP contribution in [0.5, 0.6) is 0 Å². The van der Waals surface area contributed by atoms with Crippen molar-refractivity contribution >= 4 is 37.6 Å². The molecule has 0 saturated carbocycles. The van der Waals surface area contributed by atoms with Gasteiger partial charge in [0, 0.05) is 23.4 Å². The fourth-order valence-corrected chi connectivity index (χ4v) is 3.05. The van der Waals surface area contributed by atoms with Crippen LogP contribution < -0.4 is 0 Å². The molecule has 1 aromatic carbocycles. The standard InChI is InChI=1S/C10H13BrClNO2S/c1-8(12)7-13(2)16(14,15)10-5-3-9(11)4-6-10/h3-6,8H,7H2,1-2H3. The highest BCUT2D eigenvalue weighted by molar-refractivity contribution is 9.10. The van der Waals surface area contributed by atoms with Gasteiger partial charge in [-0.25, -0.2) is 8.42 Å². The number of hydrogen-bond donors (Lipinski definition) is 0. The van der Waals surface area contributed by atoms with Crippen LogP contribution >= 0.6 is 27.5 Å². The van der Waals surface area contributed by atoms with Crippen LogP contribution in [0.1, 0.15) is 6.92 Å². The Bertz CT molecular complexity index is 444. The summed E-state index contributed by atoms with van der Waals surface area (Å²) in [5, 5.41) is -0.213. The Labute approximate surface area is 110 Å². The lowest BCUT2D eigenvalue weighted by Crippen LogP contribution is -2.31. The molecule has 0 aliphatic rings. The van der Waals surface area contributed by atoms with E-state index in [1.54, 1.807) is 31.2 Å². The molecule has 1 unspecified atom stereocenters. The summed E-state index contributed by atoms with van der Waals surface area (Å²) in [5.41, 5.74) is 0. The van der Waals surface area contributed by atoms with E-state index in [0.717, 1.165) is 4.47 Å². The Kier molecular flexibility index (Phi) is 4.79. The molecule has 90 valence electrons. The van der Waals surface area contributed by atoms with Crippen LogP contribution in [-0.4, -0.2) is 31.7 Å². The van der Waals surface area contributed by atoms with Crippen molar-refractivity contribution in [1.29, 1.82) is 0 Å². The van der Waals surface area contributed by atoms with Gasteiger partial charge in [-0.1, -0.05) is 15.9 Å². The number of halogens is 2. The minimum atomic E-state index is -3.42. The number of sulfonamides is 1. The third-order valence-electron chi connectivity index (χ3n) is 2.03. The SMILES string of the molecule is CC(Cl)CN(C)S(=O)(=O)c1ccc(Br)cc1. The fraction of sp³-hybridized carbons (Fsp3) is 0.400. The van der Waals surface area contributed by atoms with E-state index in [-0.39, 0.29) is 10.3 Å². The van der Waals surface area contributed by atoms with Crippen molar-refractivity contribution in [3.63, 3.8) is 0 Å². The maximum absolute atomic E-state index is 12.0. The minimum Gasteiger partial charge on any atom is -0.207 e. The van der Waals surface area contributed by atoms with Crippen molar-refractivity contribution in [2.45, 2.75) is 17.2 Å². The number of alkyl halides is 1. The molecule has 1 atom stereocenters. The maximum atomic E-state index is 12.0. The van der Waals surface area contributed by atoms with Crippen LogP contribution in [0.15, 0.2) is 33.6 Å². The molecule has 0 aliphatic carbocycles. The Balaban J connectivity index is 2.97. The van der Waals surface area contributed by atoms with Crippen molar-refractivity contribution in [2.75, 3.05) is 13.6 Å². The molecule has 0 aromatic heterocycles. The van der Waals surface area contributed by atoms with Crippen LogP contribution in [0.4, 0.5) is 0 Å². The second-order valence-electron chi connectivity index (χ2n) is 3.52. The summed E-state index contributed by atoms with van der Waals surface area (Å²) in [6.07, 6.45) is 0. The summed E-state index contributed by atoms with van der Waals surface area (Å²) in [4.78, 5) is 0.274. The van der Waals surface area contributed by atoms with Crippen LogP contribution in [0.3, 0.4) is 0 Å². The van der Waals surface area contributed by atoms with Gasteiger partial charge >= 0.3 is 0 Å². The van der Waals surface area contributed by atoms with E-state index < -0.39 is 10.0 Å². The van der Waals surface area contributed by atoms with Gasteiger partial charge in [0.2, 0.25) is 10.0 Å². The van der Waals surface area contributed by atoms with Crippen LogP contribution in [-0.2, 0) is 10.0 Å². The molecule has 3 nitrogen and oxygen atoms in total. The van der Waals surface area contributed by atoms with E-state index in [1.165, 1.54) is 11.4 Å². The third kappa shape index (κ3) is 3.45. The van der Waals surface area contributed by atoms with Gasteiger partial charge in [0.15, 0.2) is 0 Å². The average molecular weight is 327 g/mol. The van der Waals surface area contributed by atoms with Crippen LogP contribution in [0.2, 0.25) is 0 Å². The van der Waals surface area contributed by atoms with Gasteiger partial charge in [0.25, 0.3) is 0 Å². The first-order valence-corrected chi connectivity index (χ1v) is 7.37. The molecule has 0 N–H and O–H groups in total. The van der Waals surface area contributed by atoms with E-state index in [9.17, 15) is 8.42 Å². The van der Waals surface area contributed by atoms with Crippen molar-refractivity contribution in [2.24, 2.45) is 0 Å². The van der Waals surface area contributed by atoms with Gasteiger partial charge in [-0.3, -0.25) is 0 Å². The molecule has 0 saturated heterocycles. The van der Waals surface area contributed by atoms with Crippen LogP contribution in [0.25, 0.3) is 0 Å². The van der Waals surface area contributed by atoms with Crippen molar-refractivity contribution < 1.29 is 8.42 Å². The van der Waals surface area contributed by atoms with E-state index >= 15 is 0 Å². The monoisotopic (exact) mass is 325 g/mol. The third-order valence-corrected chi connectivity index (χ3v) is 4.53. The molecule has 6 heteroatoms. The summed E-state index contributed by atoms with van der Waals surface area (Å²) in [7, 11) is -1.90. The number of hydrogen-bond acceptors (Lipinski definition) is 2. The number of benzene rings is 1. The highest BCUT2D eigenvalue weighted by Gasteiger charge is 2.21. The Morgan fingerprint density at radius 3 is 2.31 bits per heavy atom. The lowest BCUT2D eigenvalue weighted by molar-refractivity contribution is 0.470. The Morgan fingerprint density at radius 2 is 1.88 bits per heavy atom. The molecule has 0 heterocycles. The summed E-state index contributed by atoms with van der Waals surface area (Å²) in [6, 6.07) is 6.53. The first kappa shape index (κ1) is 14.0. The molecule has 0 spiro atoms. The number of nitrogens with zero attached hydrogens (tertiary/aromatic N) is 1. The maximum Gasteiger partial charge on any atom is 0.242 e. The molecule has 1 rings (SSSR count). The quantitative estimate of drug-likeness (QED) is 0.798. The lowest BCUT2D eigenvalue weighted by Gasteiger charge is -2.18. The molecular formula is C10H13BrClNO2S. The van der Waals surface area contributed by atoms with Gasteiger partial charge in [-0.2, -0.15) is 4.31 Å². The zero-order valence-corrected chi connectivity index (χ0v) is 12.2. The van der Waals surface area contributed by atoms with Gasteiger partial charge < -0.3 is 0 Å². The first-order chi connectivity index (χ1) is 7.34. The van der Waals surface area contributed by atoms with E-state index in [4.69, 9.17) is 11.6 Å². The summed E-state index contributed by atoms with van der Waals surface area (Å²) in [5.74, 6) is 0. The second-order valence-corrected chi connectivity index (χ2v) is 7.23. The first-order valence-electron chi connectivity index (χ1n) is 4.70. The topological polar surface area (TPSA) is 37.4 Å². The van der Waals surface area contributed by atoms with E-state index in [0.29, 0.717) is 6.54 Å². The lowest BCUT2D eigenvalue weighted by atomic mass is 10.4. The van der Waals surface area contributed by atoms with Gasteiger partial charge in [-0.15, -0.1) is 11.6 Å². The summed E-state index contributed by atoms with van der Waals surface area (Å²) < 4.78 is 26.2. The summed E-state index contributed by atoms with van der Waals surface area (Å²) >= 11 is 9.04. The molecule has 1 aromatic rings. The smallest absolute Gasteiger partial charge is 0.207 e. The molecule has 0 fully saturated rings. The average Bonchev–Trinajstić information content (AvgIpc) is 2.17.